The van der Waals surface area contributed by atoms with E-state index in [4.69, 9.17) is 32.7 Å². The van der Waals surface area contributed by atoms with Crippen molar-refractivity contribution in [2.75, 3.05) is 19.0 Å². The number of hydrogen-bond acceptors (Lipinski definition) is 6. The van der Waals surface area contributed by atoms with Crippen LogP contribution in [0.1, 0.15) is 27.6 Å². The van der Waals surface area contributed by atoms with Crippen LogP contribution in [0.25, 0.3) is 0 Å². The SMILES string of the molecule is CCOC(=O)c1cc(Cl)c(NC(=O)c2ccc(Cl)cc2[N+](=O)[O-])cc1OC. The van der Waals surface area contributed by atoms with Crippen molar-refractivity contribution >= 4 is 46.5 Å². The highest BCUT2D eigenvalue weighted by atomic mass is 35.5. The first-order chi connectivity index (χ1) is 12.8. The molecule has 10 heteroatoms. The normalized spacial score (nSPS) is 10.2. The third-order valence-electron chi connectivity index (χ3n) is 3.43. The second kappa shape index (κ2) is 8.70. The second-order valence-electron chi connectivity index (χ2n) is 5.13. The summed E-state index contributed by atoms with van der Waals surface area (Å²) >= 11 is 11.9. The predicted molar refractivity (Wildman–Crippen MR) is 100 cm³/mol. The summed E-state index contributed by atoms with van der Waals surface area (Å²) < 4.78 is 10.1. The molecule has 0 aliphatic heterocycles. The summed E-state index contributed by atoms with van der Waals surface area (Å²) in [5, 5.41) is 13.8. The summed E-state index contributed by atoms with van der Waals surface area (Å²) in [6, 6.07) is 6.27. The molecule has 0 saturated carbocycles. The van der Waals surface area contributed by atoms with E-state index in [1.807, 2.05) is 0 Å². The molecule has 0 aliphatic rings. The molecular weight excluding hydrogens is 399 g/mol. The number of ether oxygens (including phenoxy) is 2. The molecule has 0 aromatic heterocycles. The Hall–Kier alpha value is -2.84. The molecule has 0 saturated heterocycles. The van der Waals surface area contributed by atoms with Crippen LogP contribution in [0.5, 0.6) is 5.75 Å². The van der Waals surface area contributed by atoms with E-state index in [1.165, 1.54) is 31.4 Å². The predicted octanol–water partition coefficient (Wildman–Crippen LogP) is 4.34. The minimum absolute atomic E-state index is 0.0313. The van der Waals surface area contributed by atoms with Gasteiger partial charge in [-0.2, -0.15) is 0 Å². The standard InChI is InChI=1S/C17H14Cl2N2O6/c1-3-27-17(23)11-7-12(19)13(8-15(11)26-2)20-16(22)10-5-4-9(18)6-14(10)21(24)25/h4-8H,3H2,1-2H3,(H,20,22). The number of nitrogens with one attached hydrogen (secondary N) is 1. The summed E-state index contributed by atoms with van der Waals surface area (Å²) in [6.07, 6.45) is 0. The van der Waals surface area contributed by atoms with Gasteiger partial charge in [0.1, 0.15) is 16.9 Å². The minimum atomic E-state index is -0.772. The van der Waals surface area contributed by atoms with Crippen molar-refractivity contribution in [1.29, 1.82) is 0 Å². The first-order valence-corrected chi connectivity index (χ1v) is 8.34. The fourth-order valence-electron chi connectivity index (χ4n) is 2.22. The maximum Gasteiger partial charge on any atom is 0.341 e. The summed E-state index contributed by atoms with van der Waals surface area (Å²) in [5.74, 6) is -1.28. The van der Waals surface area contributed by atoms with Crippen molar-refractivity contribution in [2.24, 2.45) is 0 Å². The zero-order valence-corrected chi connectivity index (χ0v) is 15.8. The average Bonchev–Trinajstić information content (AvgIpc) is 2.62. The van der Waals surface area contributed by atoms with Gasteiger partial charge >= 0.3 is 5.97 Å². The summed E-state index contributed by atoms with van der Waals surface area (Å²) in [7, 11) is 1.33. The number of nitro groups is 1. The molecule has 0 fully saturated rings. The molecule has 8 nitrogen and oxygen atoms in total. The third kappa shape index (κ3) is 4.66. The summed E-state index contributed by atoms with van der Waals surface area (Å²) in [5.41, 5.74) is -0.462. The molecule has 1 N–H and O–H groups in total. The van der Waals surface area contributed by atoms with Gasteiger partial charge < -0.3 is 14.8 Å². The quantitative estimate of drug-likeness (QED) is 0.429. The monoisotopic (exact) mass is 412 g/mol. The van der Waals surface area contributed by atoms with Gasteiger partial charge in [-0.3, -0.25) is 14.9 Å². The van der Waals surface area contributed by atoms with Crippen LogP contribution in [-0.2, 0) is 4.74 Å². The van der Waals surface area contributed by atoms with Gasteiger partial charge in [0.25, 0.3) is 11.6 Å². The van der Waals surface area contributed by atoms with E-state index in [-0.39, 0.29) is 39.2 Å². The first-order valence-electron chi connectivity index (χ1n) is 7.58. The number of esters is 1. The average molecular weight is 413 g/mol. The molecule has 2 aromatic carbocycles. The van der Waals surface area contributed by atoms with Gasteiger partial charge in [-0.1, -0.05) is 23.2 Å². The molecule has 0 atom stereocenters. The number of carbonyl (C=O) groups excluding carboxylic acids is 2. The second-order valence-corrected chi connectivity index (χ2v) is 5.97. The third-order valence-corrected chi connectivity index (χ3v) is 3.98. The number of methoxy groups -OCH3 is 1. The van der Waals surface area contributed by atoms with Crippen LogP contribution in [0.4, 0.5) is 11.4 Å². The Labute approximate surface area is 164 Å². The lowest BCUT2D eigenvalue weighted by Gasteiger charge is -2.13. The van der Waals surface area contributed by atoms with Crippen molar-refractivity contribution in [1.82, 2.24) is 0 Å². The molecule has 0 aliphatic carbocycles. The van der Waals surface area contributed by atoms with E-state index in [1.54, 1.807) is 6.92 Å². The Kier molecular flexibility index (Phi) is 6.59. The number of carbonyl (C=O) groups is 2. The van der Waals surface area contributed by atoms with Gasteiger partial charge in [0.15, 0.2) is 0 Å². The molecular formula is C17H14Cl2N2O6. The zero-order valence-electron chi connectivity index (χ0n) is 14.2. The van der Waals surface area contributed by atoms with Crippen molar-refractivity contribution in [3.8, 4) is 5.75 Å². The molecule has 2 aromatic rings. The van der Waals surface area contributed by atoms with Crippen LogP contribution >= 0.6 is 23.2 Å². The lowest BCUT2D eigenvalue weighted by atomic mass is 10.1. The Morgan fingerprint density at radius 3 is 2.48 bits per heavy atom. The maximum absolute atomic E-state index is 12.5. The van der Waals surface area contributed by atoms with Crippen molar-refractivity contribution in [3.05, 3.63) is 61.6 Å². The van der Waals surface area contributed by atoms with E-state index >= 15 is 0 Å². The number of anilines is 1. The first kappa shape index (κ1) is 20.5. The van der Waals surface area contributed by atoms with Crippen molar-refractivity contribution in [2.45, 2.75) is 6.92 Å². The number of benzene rings is 2. The Morgan fingerprint density at radius 2 is 1.89 bits per heavy atom. The number of hydrogen-bond donors (Lipinski definition) is 1. The van der Waals surface area contributed by atoms with E-state index in [0.29, 0.717) is 0 Å². The Bertz CT molecular complexity index is 917. The van der Waals surface area contributed by atoms with Crippen LogP contribution in [0.15, 0.2) is 30.3 Å². The maximum atomic E-state index is 12.5. The fraction of sp³-hybridized carbons (Fsp3) is 0.176. The van der Waals surface area contributed by atoms with E-state index in [9.17, 15) is 19.7 Å². The molecule has 0 spiro atoms. The van der Waals surface area contributed by atoms with Crippen LogP contribution in [0.3, 0.4) is 0 Å². The molecule has 142 valence electrons. The lowest BCUT2D eigenvalue weighted by Crippen LogP contribution is -2.15. The largest absolute Gasteiger partial charge is 0.496 e. The van der Waals surface area contributed by atoms with Crippen molar-refractivity contribution in [3.63, 3.8) is 0 Å². The topological polar surface area (TPSA) is 108 Å². The van der Waals surface area contributed by atoms with E-state index in [2.05, 4.69) is 5.32 Å². The Morgan fingerprint density at radius 1 is 1.19 bits per heavy atom. The summed E-state index contributed by atoms with van der Waals surface area (Å²) in [6.45, 7) is 1.82. The molecule has 0 bridgehead atoms. The number of nitro benzene ring substituents is 1. The van der Waals surface area contributed by atoms with Crippen LogP contribution < -0.4 is 10.1 Å². The van der Waals surface area contributed by atoms with Crippen molar-refractivity contribution < 1.29 is 24.0 Å². The highest BCUT2D eigenvalue weighted by Gasteiger charge is 2.23. The Balaban J connectivity index is 2.39. The molecule has 0 radical (unpaired) electrons. The zero-order chi connectivity index (χ0) is 20.1. The minimum Gasteiger partial charge on any atom is -0.496 e. The molecule has 1 amide bonds. The number of rotatable bonds is 6. The van der Waals surface area contributed by atoms with Gasteiger partial charge in [-0.15, -0.1) is 0 Å². The number of halogens is 2. The van der Waals surface area contributed by atoms with E-state index in [0.717, 1.165) is 6.07 Å². The van der Waals surface area contributed by atoms with Crippen LogP contribution in [0.2, 0.25) is 10.0 Å². The summed E-state index contributed by atoms with van der Waals surface area (Å²) in [4.78, 5) is 34.9. The van der Waals surface area contributed by atoms with Gasteiger partial charge in [-0.05, 0) is 25.1 Å². The molecule has 2 rings (SSSR count). The van der Waals surface area contributed by atoms with Crippen LogP contribution in [-0.4, -0.2) is 30.5 Å². The fourth-order valence-corrected chi connectivity index (χ4v) is 2.60. The van der Waals surface area contributed by atoms with Gasteiger partial charge in [0, 0.05) is 17.2 Å². The molecule has 0 unspecified atom stereocenters. The van der Waals surface area contributed by atoms with Gasteiger partial charge in [0.2, 0.25) is 0 Å². The molecule has 0 heterocycles. The smallest absolute Gasteiger partial charge is 0.341 e. The van der Waals surface area contributed by atoms with Gasteiger partial charge in [0.05, 0.1) is 29.4 Å². The number of amides is 1. The number of nitrogens with zero attached hydrogens (tertiary/aromatic N) is 1. The van der Waals surface area contributed by atoms with Gasteiger partial charge in [-0.25, -0.2) is 4.79 Å². The highest BCUT2D eigenvalue weighted by molar-refractivity contribution is 6.34. The lowest BCUT2D eigenvalue weighted by molar-refractivity contribution is -0.385. The van der Waals surface area contributed by atoms with E-state index < -0.39 is 22.5 Å². The highest BCUT2D eigenvalue weighted by Crippen LogP contribution is 2.32. The van der Waals surface area contributed by atoms with Crippen LogP contribution in [0, 0.1) is 10.1 Å². The molecule has 27 heavy (non-hydrogen) atoms.